The predicted octanol–water partition coefficient (Wildman–Crippen LogP) is 4.40. The first kappa shape index (κ1) is 16.4. The number of alkyl halides is 3. The lowest BCUT2D eigenvalue weighted by Gasteiger charge is -2.11. The lowest BCUT2D eigenvalue weighted by atomic mass is 10.1. The molecule has 0 radical (unpaired) electrons. The molecule has 0 atom stereocenters. The van der Waals surface area contributed by atoms with Gasteiger partial charge in [0.2, 0.25) is 0 Å². The molecule has 6 heteroatoms. The number of rotatable bonds is 4. The summed E-state index contributed by atoms with van der Waals surface area (Å²) in [5.74, 6) is -0.441. The van der Waals surface area contributed by atoms with Gasteiger partial charge >= 0.3 is 6.18 Å². The minimum absolute atomic E-state index is 0.177. The van der Waals surface area contributed by atoms with E-state index in [0.717, 1.165) is 12.1 Å². The van der Waals surface area contributed by atoms with Crippen molar-refractivity contribution in [2.24, 2.45) is 0 Å². The molecule has 0 amide bonds. The Labute approximate surface area is 126 Å². The molecule has 118 valence electrons. The minimum atomic E-state index is -4.37. The van der Waals surface area contributed by atoms with E-state index in [2.05, 4.69) is 10.3 Å². The van der Waals surface area contributed by atoms with E-state index in [9.17, 15) is 17.6 Å². The van der Waals surface area contributed by atoms with Crippen LogP contribution in [0.1, 0.15) is 25.1 Å². The van der Waals surface area contributed by atoms with E-state index >= 15 is 0 Å². The van der Waals surface area contributed by atoms with Gasteiger partial charge in [0.25, 0.3) is 0 Å². The van der Waals surface area contributed by atoms with E-state index in [1.165, 1.54) is 24.3 Å². The molecule has 1 heterocycles. The molecule has 1 N–H and O–H groups in total. The Balaban J connectivity index is 2.27. The van der Waals surface area contributed by atoms with Gasteiger partial charge in [-0.3, -0.25) is 0 Å². The van der Waals surface area contributed by atoms with Crippen LogP contribution >= 0.6 is 0 Å². The first-order chi connectivity index (χ1) is 10.3. The predicted molar refractivity (Wildman–Crippen MR) is 76.6 cm³/mol. The highest BCUT2D eigenvalue weighted by molar-refractivity contribution is 5.59. The first-order valence-corrected chi connectivity index (χ1v) is 6.84. The fourth-order valence-corrected chi connectivity index (χ4v) is 1.90. The third-order valence-electron chi connectivity index (χ3n) is 3.10. The van der Waals surface area contributed by atoms with Gasteiger partial charge < -0.3 is 5.32 Å². The zero-order valence-electron chi connectivity index (χ0n) is 12.2. The number of nitrogens with one attached hydrogen (secondary N) is 1. The van der Waals surface area contributed by atoms with Crippen LogP contribution in [0, 0.1) is 5.82 Å². The molecule has 1 aromatic carbocycles. The summed E-state index contributed by atoms with van der Waals surface area (Å²) in [6.45, 7) is 4.12. The number of pyridine rings is 1. The van der Waals surface area contributed by atoms with Crippen molar-refractivity contribution in [2.75, 3.05) is 0 Å². The molecule has 2 rings (SSSR count). The fourth-order valence-electron chi connectivity index (χ4n) is 1.90. The molecule has 0 bridgehead atoms. The lowest BCUT2D eigenvalue weighted by molar-refractivity contribution is -0.137. The number of nitrogens with zero attached hydrogens (tertiary/aromatic N) is 1. The Bertz CT molecular complexity index is 634. The molecule has 0 saturated heterocycles. The van der Waals surface area contributed by atoms with Crippen LogP contribution in [0.25, 0.3) is 11.3 Å². The second-order valence-corrected chi connectivity index (χ2v) is 5.24. The van der Waals surface area contributed by atoms with Gasteiger partial charge in [-0.1, -0.05) is 26.0 Å². The third kappa shape index (κ3) is 4.04. The summed E-state index contributed by atoms with van der Waals surface area (Å²) in [5.41, 5.74) is 0.473. The van der Waals surface area contributed by atoms with Crippen LogP contribution in [0.15, 0.2) is 36.4 Å². The zero-order valence-corrected chi connectivity index (χ0v) is 12.2. The largest absolute Gasteiger partial charge is 0.416 e. The summed E-state index contributed by atoms with van der Waals surface area (Å²) in [4.78, 5) is 4.19. The number of hydrogen-bond donors (Lipinski definition) is 1. The van der Waals surface area contributed by atoms with Gasteiger partial charge in [-0.05, 0) is 24.3 Å². The first-order valence-electron chi connectivity index (χ1n) is 6.84. The fraction of sp³-hybridized carbons (Fsp3) is 0.312. The second kappa shape index (κ2) is 6.44. The molecule has 2 aromatic rings. The molecular weight excluding hydrogens is 296 g/mol. The van der Waals surface area contributed by atoms with E-state index in [-0.39, 0.29) is 18.3 Å². The van der Waals surface area contributed by atoms with Crippen LogP contribution in [0.5, 0.6) is 0 Å². The maximum Gasteiger partial charge on any atom is 0.416 e. The summed E-state index contributed by atoms with van der Waals surface area (Å²) in [7, 11) is 0. The number of hydrogen-bond acceptors (Lipinski definition) is 2. The second-order valence-electron chi connectivity index (χ2n) is 5.24. The zero-order chi connectivity index (χ0) is 16.3. The van der Waals surface area contributed by atoms with Crippen molar-refractivity contribution in [3.63, 3.8) is 0 Å². The summed E-state index contributed by atoms with van der Waals surface area (Å²) in [6, 6.07) is 7.56. The molecule has 2 nitrogen and oxygen atoms in total. The number of aromatic nitrogens is 1. The molecule has 0 aliphatic heterocycles. The average Bonchev–Trinajstić information content (AvgIpc) is 2.45. The molecule has 0 aliphatic rings. The monoisotopic (exact) mass is 312 g/mol. The standard InChI is InChI=1S/C16H16F4N2/c1-10(2)21-9-15-13(17)7-8-14(22-15)11-3-5-12(6-4-11)16(18,19)20/h3-8,10,21H,9H2,1-2H3. The summed E-state index contributed by atoms with van der Waals surface area (Å²) in [6.07, 6.45) is -4.37. The van der Waals surface area contributed by atoms with Crippen molar-refractivity contribution in [2.45, 2.75) is 32.6 Å². The van der Waals surface area contributed by atoms with E-state index in [0.29, 0.717) is 11.3 Å². The van der Waals surface area contributed by atoms with Crippen LogP contribution in [-0.4, -0.2) is 11.0 Å². The van der Waals surface area contributed by atoms with E-state index < -0.39 is 17.6 Å². The van der Waals surface area contributed by atoms with Crippen molar-refractivity contribution >= 4 is 0 Å². The molecule has 0 saturated carbocycles. The van der Waals surface area contributed by atoms with Crippen LogP contribution < -0.4 is 5.32 Å². The van der Waals surface area contributed by atoms with Crippen molar-refractivity contribution in [1.82, 2.24) is 10.3 Å². The maximum atomic E-state index is 13.7. The Morgan fingerprint density at radius 2 is 1.68 bits per heavy atom. The van der Waals surface area contributed by atoms with Crippen molar-refractivity contribution < 1.29 is 17.6 Å². The Hall–Kier alpha value is -1.95. The molecule has 22 heavy (non-hydrogen) atoms. The molecule has 0 unspecified atom stereocenters. The smallest absolute Gasteiger partial charge is 0.309 e. The Morgan fingerprint density at radius 3 is 2.23 bits per heavy atom. The quantitative estimate of drug-likeness (QED) is 0.846. The highest BCUT2D eigenvalue weighted by atomic mass is 19.4. The van der Waals surface area contributed by atoms with Crippen LogP contribution in [-0.2, 0) is 12.7 Å². The highest BCUT2D eigenvalue weighted by Gasteiger charge is 2.30. The van der Waals surface area contributed by atoms with Crippen LogP contribution in [0.3, 0.4) is 0 Å². The molecular formula is C16H16F4N2. The topological polar surface area (TPSA) is 24.9 Å². The van der Waals surface area contributed by atoms with Crippen LogP contribution in [0.4, 0.5) is 17.6 Å². The van der Waals surface area contributed by atoms with Crippen molar-refractivity contribution in [3.05, 3.63) is 53.5 Å². The van der Waals surface area contributed by atoms with E-state index in [1.54, 1.807) is 0 Å². The summed E-state index contributed by atoms with van der Waals surface area (Å²) in [5, 5.41) is 3.06. The summed E-state index contributed by atoms with van der Waals surface area (Å²) < 4.78 is 51.3. The highest BCUT2D eigenvalue weighted by Crippen LogP contribution is 2.30. The van der Waals surface area contributed by atoms with Gasteiger partial charge in [0.1, 0.15) is 5.82 Å². The van der Waals surface area contributed by atoms with Gasteiger partial charge in [0.05, 0.1) is 17.0 Å². The minimum Gasteiger partial charge on any atom is -0.309 e. The Kier molecular flexibility index (Phi) is 4.81. The molecule has 0 aliphatic carbocycles. The molecule has 1 aromatic heterocycles. The van der Waals surface area contributed by atoms with Gasteiger partial charge in [-0.2, -0.15) is 13.2 Å². The Morgan fingerprint density at radius 1 is 1.05 bits per heavy atom. The van der Waals surface area contributed by atoms with Crippen molar-refractivity contribution in [1.29, 1.82) is 0 Å². The lowest BCUT2D eigenvalue weighted by Crippen LogP contribution is -2.23. The normalized spacial score (nSPS) is 12.0. The summed E-state index contributed by atoms with van der Waals surface area (Å²) >= 11 is 0. The SMILES string of the molecule is CC(C)NCc1nc(-c2ccc(C(F)(F)F)cc2)ccc1F. The van der Waals surface area contributed by atoms with Crippen LogP contribution in [0.2, 0.25) is 0 Å². The number of halogens is 4. The average molecular weight is 312 g/mol. The van der Waals surface area contributed by atoms with Gasteiger partial charge in [0.15, 0.2) is 0 Å². The molecule has 0 spiro atoms. The number of benzene rings is 1. The van der Waals surface area contributed by atoms with E-state index in [4.69, 9.17) is 0 Å². The molecule has 0 fully saturated rings. The van der Waals surface area contributed by atoms with Gasteiger partial charge in [-0.15, -0.1) is 0 Å². The third-order valence-corrected chi connectivity index (χ3v) is 3.10. The van der Waals surface area contributed by atoms with Gasteiger partial charge in [-0.25, -0.2) is 9.37 Å². The maximum absolute atomic E-state index is 13.7. The van der Waals surface area contributed by atoms with Gasteiger partial charge in [0, 0.05) is 18.2 Å². The van der Waals surface area contributed by atoms with E-state index in [1.807, 2.05) is 13.8 Å². The van der Waals surface area contributed by atoms with Crippen molar-refractivity contribution in [3.8, 4) is 11.3 Å².